The van der Waals surface area contributed by atoms with Crippen LogP contribution >= 0.6 is 43.2 Å². The molecule has 1 aliphatic rings. The summed E-state index contributed by atoms with van der Waals surface area (Å²) >= 11 is 9.12. The molecule has 0 amide bonds. The van der Waals surface area contributed by atoms with Gasteiger partial charge in [-0.05, 0) is 64.0 Å². The summed E-state index contributed by atoms with van der Waals surface area (Å²) in [5, 5.41) is 3.11. The standard InChI is InChI=1S/C15H15Br2NS/c1-10-12-5-7-19-15(12)4-6-18(10)14-3-2-11(9-16)8-13(14)17/h2-3,5,7-8,10H,4,6,9H2,1H3. The van der Waals surface area contributed by atoms with E-state index in [1.807, 2.05) is 11.3 Å². The van der Waals surface area contributed by atoms with Gasteiger partial charge in [-0.25, -0.2) is 0 Å². The predicted octanol–water partition coefficient (Wildman–Crippen LogP) is 5.53. The molecule has 1 unspecified atom stereocenters. The van der Waals surface area contributed by atoms with Crippen molar-refractivity contribution in [1.82, 2.24) is 0 Å². The number of hydrogen-bond donors (Lipinski definition) is 0. The average Bonchev–Trinajstić information content (AvgIpc) is 2.89. The van der Waals surface area contributed by atoms with Crippen molar-refractivity contribution in [3.05, 3.63) is 50.1 Å². The molecule has 1 atom stereocenters. The van der Waals surface area contributed by atoms with Gasteiger partial charge in [0, 0.05) is 21.2 Å². The van der Waals surface area contributed by atoms with E-state index >= 15 is 0 Å². The average molecular weight is 401 g/mol. The maximum atomic E-state index is 3.72. The lowest BCUT2D eigenvalue weighted by Gasteiger charge is -2.36. The van der Waals surface area contributed by atoms with Crippen LogP contribution in [0.4, 0.5) is 5.69 Å². The number of benzene rings is 1. The normalized spacial score (nSPS) is 18.5. The van der Waals surface area contributed by atoms with E-state index in [0.29, 0.717) is 6.04 Å². The van der Waals surface area contributed by atoms with Crippen molar-refractivity contribution < 1.29 is 0 Å². The molecular formula is C15H15Br2NS. The van der Waals surface area contributed by atoms with Crippen LogP contribution in [0.2, 0.25) is 0 Å². The van der Waals surface area contributed by atoms with Gasteiger partial charge in [-0.15, -0.1) is 11.3 Å². The van der Waals surface area contributed by atoms with Gasteiger partial charge in [0.1, 0.15) is 0 Å². The van der Waals surface area contributed by atoms with Crippen molar-refractivity contribution >= 4 is 48.9 Å². The molecule has 0 bridgehead atoms. The Balaban J connectivity index is 1.95. The molecule has 2 heterocycles. The van der Waals surface area contributed by atoms with Crippen molar-refractivity contribution in [3.8, 4) is 0 Å². The van der Waals surface area contributed by atoms with Crippen LogP contribution in [0.3, 0.4) is 0 Å². The van der Waals surface area contributed by atoms with E-state index in [4.69, 9.17) is 0 Å². The molecule has 100 valence electrons. The molecule has 4 heteroatoms. The lowest BCUT2D eigenvalue weighted by molar-refractivity contribution is 0.631. The van der Waals surface area contributed by atoms with E-state index in [1.165, 1.54) is 21.3 Å². The van der Waals surface area contributed by atoms with Crippen molar-refractivity contribution in [2.75, 3.05) is 11.4 Å². The fourth-order valence-electron chi connectivity index (χ4n) is 2.71. The molecule has 0 fully saturated rings. The first-order chi connectivity index (χ1) is 9.20. The molecule has 0 saturated carbocycles. The van der Waals surface area contributed by atoms with Crippen molar-refractivity contribution in [3.63, 3.8) is 0 Å². The highest BCUT2D eigenvalue weighted by atomic mass is 79.9. The Morgan fingerprint density at radius 3 is 2.95 bits per heavy atom. The van der Waals surface area contributed by atoms with Crippen LogP contribution in [0.1, 0.15) is 29.0 Å². The molecule has 1 nitrogen and oxygen atoms in total. The van der Waals surface area contributed by atoms with Crippen LogP contribution in [0.25, 0.3) is 0 Å². The maximum absolute atomic E-state index is 3.72. The molecule has 1 aromatic carbocycles. The summed E-state index contributed by atoms with van der Waals surface area (Å²) in [4.78, 5) is 4.05. The van der Waals surface area contributed by atoms with Crippen molar-refractivity contribution in [2.24, 2.45) is 0 Å². The largest absolute Gasteiger partial charge is 0.363 e. The molecule has 0 N–H and O–H groups in total. The molecule has 2 aromatic rings. The van der Waals surface area contributed by atoms with Gasteiger partial charge >= 0.3 is 0 Å². The fraction of sp³-hybridized carbons (Fsp3) is 0.333. The van der Waals surface area contributed by atoms with Gasteiger partial charge in [0.25, 0.3) is 0 Å². The summed E-state index contributed by atoms with van der Waals surface area (Å²) < 4.78 is 1.19. The van der Waals surface area contributed by atoms with Crippen molar-refractivity contribution in [1.29, 1.82) is 0 Å². The third kappa shape index (κ3) is 2.50. The Labute approximate surface area is 134 Å². The molecule has 1 aliphatic heterocycles. The first-order valence-corrected chi connectivity index (χ1v) is 9.17. The monoisotopic (exact) mass is 399 g/mol. The fourth-order valence-corrected chi connectivity index (χ4v) is 4.67. The summed E-state index contributed by atoms with van der Waals surface area (Å²) in [6.45, 7) is 3.40. The molecule has 0 aliphatic carbocycles. The zero-order valence-corrected chi connectivity index (χ0v) is 14.7. The van der Waals surface area contributed by atoms with E-state index in [2.05, 4.69) is 73.3 Å². The number of fused-ring (bicyclic) bond motifs is 1. The van der Waals surface area contributed by atoms with Gasteiger partial charge < -0.3 is 4.90 Å². The summed E-state index contributed by atoms with van der Waals surface area (Å²) in [7, 11) is 0. The minimum Gasteiger partial charge on any atom is -0.363 e. The Bertz CT molecular complexity index is 594. The van der Waals surface area contributed by atoms with Gasteiger partial charge in [0.05, 0.1) is 11.7 Å². The smallest absolute Gasteiger partial charge is 0.0525 e. The van der Waals surface area contributed by atoms with Crippen LogP contribution < -0.4 is 4.90 Å². The molecular weight excluding hydrogens is 386 g/mol. The highest BCUT2D eigenvalue weighted by Crippen LogP contribution is 2.39. The van der Waals surface area contributed by atoms with Crippen LogP contribution in [0, 0.1) is 0 Å². The zero-order chi connectivity index (χ0) is 13.4. The quantitative estimate of drug-likeness (QED) is 0.599. The van der Waals surface area contributed by atoms with E-state index in [9.17, 15) is 0 Å². The molecule has 0 radical (unpaired) electrons. The number of hydrogen-bond acceptors (Lipinski definition) is 2. The predicted molar refractivity (Wildman–Crippen MR) is 90.6 cm³/mol. The first-order valence-electron chi connectivity index (χ1n) is 6.38. The van der Waals surface area contributed by atoms with Gasteiger partial charge in [0.2, 0.25) is 0 Å². The summed E-state index contributed by atoms with van der Waals surface area (Å²) in [5.74, 6) is 0. The molecule has 0 saturated heterocycles. The third-order valence-corrected chi connectivity index (χ3v) is 6.03. The number of halogens is 2. The Morgan fingerprint density at radius 2 is 2.21 bits per heavy atom. The number of anilines is 1. The minimum absolute atomic E-state index is 0.459. The van der Waals surface area contributed by atoms with Crippen molar-refractivity contribution in [2.45, 2.75) is 24.7 Å². The Kier molecular flexibility index (Phi) is 4.01. The molecule has 3 rings (SSSR count). The number of nitrogens with zero attached hydrogens (tertiary/aromatic N) is 1. The van der Waals surface area contributed by atoms with Crippen LogP contribution in [-0.2, 0) is 11.8 Å². The van der Waals surface area contributed by atoms with Crippen LogP contribution in [-0.4, -0.2) is 6.54 Å². The Morgan fingerprint density at radius 1 is 1.37 bits per heavy atom. The van der Waals surface area contributed by atoms with Gasteiger partial charge in [-0.2, -0.15) is 0 Å². The van der Waals surface area contributed by atoms with Crippen LogP contribution in [0.5, 0.6) is 0 Å². The highest BCUT2D eigenvalue weighted by molar-refractivity contribution is 9.10. The van der Waals surface area contributed by atoms with Gasteiger partial charge in [-0.3, -0.25) is 0 Å². The first kappa shape index (κ1) is 13.7. The maximum Gasteiger partial charge on any atom is 0.0525 e. The van der Waals surface area contributed by atoms with Gasteiger partial charge in [-0.1, -0.05) is 22.0 Å². The van der Waals surface area contributed by atoms with E-state index in [0.717, 1.165) is 18.3 Å². The summed E-state index contributed by atoms with van der Waals surface area (Å²) in [6.07, 6.45) is 1.16. The second-order valence-corrected chi connectivity index (χ2v) is 7.25. The summed E-state index contributed by atoms with van der Waals surface area (Å²) in [5.41, 5.74) is 4.10. The number of thiophene rings is 1. The SMILES string of the molecule is CC1c2ccsc2CCN1c1ccc(CBr)cc1Br. The molecule has 0 spiro atoms. The van der Waals surface area contributed by atoms with Crippen LogP contribution in [0.15, 0.2) is 34.1 Å². The lowest BCUT2D eigenvalue weighted by atomic mass is 10.0. The Hall–Kier alpha value is -0.320. The van der Waals surface area contributed by atoms with E-state index in [-0.39, 0.29) is 0 Å². The number of alkyl halides is 1. The zero-order valence-electron chi connectivity index (χ0n) is 10.7. The summed E-state index contributed by atoms with van der Waals surface area (Å²) in [6, 6.07) is 9.37. The minimum atomic E-state index is 0.459. The van der Waals surface area contributed by atoms with E-state index in [1.54, 1.807) is 4.88 Å². The van der Waals surface area contributed by atoms with E-state index < -0.39 is 0 Å². The topological polar surface area (TPSA) is 3.24 Å². The molecule has 1 aromatic heterocycles. The lowest BCUT2D eigenvalue weighted by Crippen LogP contribution is -2.33. The second kappa shape index (κ2) is 5.58. The van der Waals surface area contributed by atoms with Gasteiger partial charge in [0.15, 0.2) is 0 Å². The third-order valence-electron chi connectivity index (χ3n) is 3.75. The highest BCUT2D eigenvalue weighted by Gasteiger charge is 2.25. The second-order valence-electron chi connectivity index (χ2n) is 4.84. The molecule has 19 heavy (non-hydrogen) atoms. The number of rotatable bonds is 2.